The van der Waals surface area contributed by atoms with Gasteiger partial charge in [-0.1, -0.05) is 31.2 Å². The van der Waals surface area contributed by atoms with Crippen molar-refractivity contribution in [3.8, 4) is 0 Å². The lowest BCUT2D eigenvalue weighted by atomic mass is 9.81. The molecule has 3 N–H and O–H groups in total. The van der Waals surface area contributed by atoms with Crippen LogP contribution in [0.2, 0.25) is 0 Å². The van der Waals surface area contributed by atoms with Gasteiger partial charge in [0.1, 0.15) is 0 Å². The summed E-state index contributed by atoms with van der Waals surface area (Å²) in [6, 6.07) is 9.38. The van der Waals surface area contributed by atoms with Crippen molar-refractivity contribution in [1.82, 2.24) is 5.32 Å². The molecule has 2 heteroatoms. The van der Waals surface area contributed by atoms with Crippen molar-refractivity contribution in [3.63, 3.8) is 0 Å². The topological polar surface area (TPSA) is 38.0 Å². The molecule has 0 saturated heterocycles. The highest BCUT2D eigenvalue weighted by Crippen LogP contribution is 2.36. The van der Waals surface area contributed by atoms with Gasteiger partial charge in [0, 0.05) is 6.04 Å². The summed E-state index contributed by atoms with van der Waals surface area (Å²) in [5.74, 6) is 0.712. The summed E-state index contributed by atoms with van der Waals surface area (Å²) in [4.78, 5) is 0. The summed E-state index contributed by atoms with van der Waals surface area (Å²) in [5, 5.41) is 3.62. The summed E-state index contributed by atoms with van der Waals surface area (Å²) in [7, 11) is 0. The average molecular weight is 218 g/mol. The van der Waals surface area contributed by atoms with Crippen LogP contribution in [0.1, 0.15) is 49.3 Å². The molecule has 1 aliphatic carbocycles. The predicted molar refractivity (Wildman–Crippen MR) is 68.5 cm³/mol. The van der Waals surface area contributed by atoms with Crippen LogP contribution in [-0.4, -0.2) is 13.1 Å². The SMILES string of the molecule is CC1CCC(NCCCN)c2ccccc21. The monoisotopic (exact) mass is 218 g/mol. The van der Waals surface area contributed by atoms with E-state index in [2.05, 4.69) is 36.5 Å². The molecule has 16 heavy (non-hydrogen) atoms. The van der Waals surface area contributed by atoms with Crippen molar-refractivity contribution in [1.29, 1.82) is 0 Å². The molecular weight excluding hydrogens is 196 g/mol. The highest BCUT2D eigenvalue weighted by Gasteiger charge is 2.23. The second-order valence-electron chi connectivity index (χ2n) is 4.76. The van der Waals surface area contributed by atoms with E-state index in [0.29, 0.717) is 12.0 Å². The quantitative estimate of drug-likeness (QED) is 0.762. The van der Waals surface area contributed by atoms with Crippen LogP contribution in [0.5, 0.6) is 0 Å². The fourth-order valence-electron chi connectivity index (χ4n) is 2.60. The maximum absolute atomic E-state index is 5.52. The Bertz CT molecular complexity index is 335. The Labute approximate surface area is 98.2 Å². The smallest absolute Gasteiger partial charge is 0.0323 e. The van der Waals surface area contributed by atoms with E-state index in [1.54, 1.807) is 0 Å². The first-order valence-electron chi connectivity index (χ1n) is 6.35. The fraction of sp³-hybridized carbons (Fsp3) is 0.571. The van der Waals surface area contributed by atoms with Crippen molar-refractivity contribution in [3.05, 3.63) is 35.4 Å². The minimum atomic E-state index is 0.541. The van der Waals surface area contributed by atoms with Crippen molar-refractivity contribution in [2.45, 2.75) is 38.1 Å². The molecule has 1 aromatic rings. The van der Waals surface area contributed by atoms with E-state index in [9.17, 15) is 0 Å². The maximum Gasteiger partial charge on any atom is 0.0323 e. The van der Waals surface area contributed by atoms with Gasteiger partial charge < -0.3 is 11.1 Å². The van der Waals surface area contributed by atoms with Crippen LogP contribution < -0.4 is 11.1 Å². The molecule has 2 nitrogen and oxygen atoms in total. The van der Waals surface area contributed by atoms with E-state index in [0.717, 1.165) is 19.5 Å². The van der Waals surface area contributed by atoms with Gasteiger partial charge in [0.05, 0.1) is 0 Å². The zero-order chi connectivity index (χ0) is 11.4. The molecule has 1 aliphatic rings. The molecule has 0 amide bonds. The molecular formula is C14H22N2. The molecule has 88 valence electrons. The van der Waals surface area contributed by atoms with Crippen molar-refractivity contribution in [2.24, 2.45) is 5.73 Å². The minimum absolute atomic E-state index is 0.541. The van der Waals surface area contributed by atoms with Gasteiger partial charge in [-0.15, -0.1) is 0 Å². The molecule has 0 aromatic heterocycles. The number of hydrogen-bond acceptors (Lipinski definition) is 2. The molecule has 0 bridgehead atoms. The van der Waals surface area contributed by atoms with Crippen LogP contribution in [0.4, 0.5) is 0 Å². The lowest BCUT2D eigenvalue weighted by Gasteiger charge is -2.30. The first-order chi connectivity index (χ1) is 7.83. The Morgan fingerprint density at radius 2 is 2.00 bits per heavy atom. The number of nitrogens with one attached hydrogen (secondary N) is 1. The summed E-state index contributed by atoms with van der Waals surface area (Å²) >= 11 is 0. The zero-order valence-electron chi connectivity index (χ0n) is 10.1. The lowest BCUT2D eigenvalue weighted by Crippen LogP contribution is -2.28. The van der Waals surface area contributed by atoms with Crippen LogP contribution >= 0.6 is 0 Å². The van der Waals surface area contributed by atoms with Gasteiger partial charge in [0.15, 0.2) is 0 Å². The number of fused-ring (bicyclic) bond motifs is 1. The summed E-state index contributed by atoms with van der Waals surface area (Å²) < 4.78 is 0. The fourth-order valence-corrected chi connectivity index (χ4v) is 2.60. The van der Waals surface area contributed by atoms with Crippen LogP contribution in [-0.2, 0) is 0 Å². The van der Waals surface area contributed by atoms with Crippen LogP contribution in [0.25, 0.3) is 0 Å². The Hall–Kier alpha value is -0.860. The third-order valence-corrected chi connectivity index (χ3v) is 3.56. The number of hydrogen-bond donors (Lipinski definition) is 2. The Balaban J connectivity index is 2.09. The van der Waals surface area contributed by atoms with Gasteiger partial charge in [-0.3, -0.25) is 0 Å². The molecule has 0 aliphatic heterocycles. The first kappa shape index (κ1) is 11.6. The third kappa shape index (κ3) is 2.45. The van der Waals surface area contributed by atoms with Gasteiger partial charge in [-0.2, -0.15) is 0 Å². The normalized spacial score (nSPS) is 24.1. The second kappa shape index (κ2) is 5.46. The van der Waals surface area contributed by atoms with Gasteiger partial charge >= 0.3 is 0 Å². The first-order valence-corrected chi connectivity index (χ1v) is 6.35. The molecule has 0 fully saturated rings. The van der Waals surface area contributed by atoms with E-state index < -0.39 is 0 Å². The summed E-state index contributed by atoms with van der Waals surface area (Å²) in [6.07, 6.45) is 3.61. The molecule has 0 spiro atoms. The molecule has 2 atom stereocenters. The average Bonchev–Trinajstić information content (AvgIpc) is 2.33. The highest BCUT2D eigenvalue weighted by atomic mass is 14.9. The van der Waals surface area contributed by atoms with Gasteiger partial charge in [-0.05, 0) is 49.4 Å². The van der Waals surface area contributed by atoms with Gasteiger partial charge in [0.25, 0.3) is 0 Å². The van der Waals surface area contributed by atoms with Crippen molar-refractivity contribution < 1.29 is 0 Å². The van der Waals surface area contributed by atoms with E-state index in [1.165, 1.54) is 24.0 Å². The highest BCUT2D eigenvalue weighted by molar-refractivity contribution is 5.34. The van der Waals surface area contributed by atoms with Crippen LogP contribution in [0.3, 0.4) is 0 Å². The summed E-state index contributed by atoms with van der Waals surface area (Å²) in [6.45, 7) is 4.14. The summed E-state index contributed by atoms with van der Waals surface area (Å²) in [5.41, 5.74) is 8.55. The molecule has 2 unspecified atom stereocenters. The van der Waals surface area contributed by atoms with Crippen molar-refractivity contribution >= 4 is 0 Å². The predicted octanol–water partition coefficient (Wildman–Crippen LogP) is 2.56. The third-order valence-electron chi connectivity index (χ3n) is 3.56. The van der Waals surface area contributed by atoms with Gasteiger partial charge in [0.2, 0.25) is 0 Å². The van der Waals surface area contributed by atoms with E-state index in [1.807, 2.05) is 0 Å². The number of rotatable bonds is 4. The number of benzene rings is 1. The van der Waals surface area contributed by atoms with E-state index >= 15 is 0 Å². The van der Waals surface area contributed by atoms with E-state index in [-0.39, 0.29) is 0 Å². The molecule has 2 rings (SSSR count). The molecule has 0 radical (unpaired) electrons. The Morgan fingerprint density at radius 3 is 2.75 bits per heavy atom. The maximum atomic E-state index is 5.52. The van der Waals surface area contributed by atoms with E-state index in [4.69, 9.17) is 5.73 Å². The van der Waals surface area contributed by atoms with Crippen LogP contribution in [0, 0.1) is 0 Å². The molecule has 1 aromatic carbocycles. The Kier molecular flexibility index (Phi) is 3.97. The minimum Gasteiger partial charge on any atom is -0.330 e. The number of nitrogens with two attached hydrogens (primary N) is 1. The Morgan fingerprint density at radius 1 is 1.25 bits per heavy atom. The molecule has 0 heterocycles. The van der Waals surface area contributed by atoms with Gasteiger partial charge in [-0.25, -0.2) is 0 Å². The second-order valence-corrected chi connectivity index (χ2v) is 4.76. The molecule has 0 saturated carbocycles. The van der Waals surface area contributed by atoms with Crippen molar-refractivity contribution in [2.75, 3.05) is 13.1 Å². The standard InChI is InChI=1S/C14H22N2/c1-11-7-8-14(16-10-4-9-15)13-6-3-2-5-12(11)13/h2-3,5-6,11,14,16H,4,7-10,15H2,1H3. The lowest BCUT2D eigenvalue weighted by molar-refractivity contribution is 0.430. The van der Waals surface area contributed by atoms with Crippen LogP contribution in [0.15, 0.2) is 24.3 Å². The zero-order valence-corrected chi connectivity index (χ0v) is 10.1. The largest absolute Gasteiger partial charge is 0.330 e.